The molecule has 0 aliphatic carbocycles. The summed E-state index contributed by atoms with van der Waals surface area (Å²) in [4.78, 5) is 49.2. The second-order valence-electron chi connectivity index (χ2n) is 7.48. The summed E-state index contributed by atoms with van der Waals surface area (Å²) in [6.07, 6.45) is 0. The molecule has 3 rings (SSSR count). The van der Waals surface area contributed by atoms with E-state index >= 15 is 0 Å². The Hall–Kier alpha value is -2.95. The Morgan fingerprint density at radius 1 is 0.838 bits per heavy atom. The summed E-state index contributed by atoms with van der Waals surface area (Å²) in [5, 5.41) is 13.0. The van der Waals surface area contributed by atoms with Gasteiger partial charge in [-0.25, -0.2) is 4.79 Å². The summed E-state index contributed by atoms with van der Waals surface area (Å²) in [5.74, 6) is -3.24. The topological polar surface area (TPSA) is 139 Å². The number of rotatable bonds is 8. The van der Waals surface area contributed by atoms with Gasteiger partial charge in [0.25, 0.3) is 5.91 Å². The Morgan fingerprint density at radius 3 is 2.00 bits per heavy atom. The minimum absolute atomic E-state index is 0.253. The molecule has 0 fully saturated rings. The molecule has 0 aliphatic heterocycles. The van der Waals surface area contributed by atoms with Gasteiger partial charge in [0.05, 0.1) is 36.5 Å². The minimum atomic E-state index is -1.51. The molecule has 3 aromatic rings. The average Bonchev–Trinajstić information content (AvgIpc) is 2.84. The van der Waals surface area contributed by atoms with E-state index in [-0.39, 0.29) is 21.0 Å². The molecular weight excluding hydrogens is 584 g/mol. The maximum absolute atomic E-state index is 13.0. The first-order chi connectivity index (χ1) is 17.4. The number of hydrogen-bond acceptors (Lipinski definition) is 5. The van der Waals surface area contributed by atoms with E-state index in [0.717, 1.165) is 0 Å². The Bertz CT molecular complexity index is 1420. The van der Waals surface area contributed by atoms with Gasteiger partial charge in [-0.1, -0.05) is 52.5 Å². The molecule has 1 atom stereocenters. The zero-order chi connectivity index (χ0) is 27.4. The van der Waals surface area contributed by atoms with Gasteiger partial charge in [0.2, 0.25) is 11.8 Å². The van der Waals surface area contributed by atoms with Crippen molar-refractivity contribution in [1.29, 1.82) is 0 Å². The van der Waals surface area contributed by atoms with Crippen molar-refractivity contribution < 1.29 is 24.3 Å². The van der Waals surface area contributed by atoms with Gasteiger partial charge in [-0.15, -0.1) is 11.8 Å². The molecule has 192 valence electrons. The number of aromatic carboxylic acids is 1. The van der Waals surface area contributed by atoms with Crippen LogP contribution in [0, 0.1) is 0 Å². The van der Waals surface area contributed by atoms with Crippen LogP contribution in [0.5, 0.6) is 0 Å². The number of hydrogen-bond donors (Lipinski definition) is 4. The van der Waals surface area contributed by atoms with E-state index in [0.29, 0.717) is 21.8 Å². The SMILES string of the molecule is CC(Sc1cccc(NC(=O)c2c(Cl)c(Cl)c(Cl)c(Cl)c2C(=O)O)c1)C(=O)Nc1ccc(C(N)=O)cc1. The average molecular weight is 601 g/mol. The lowest BCUT2D eigenvalue weighted by atomic mass is 10.1. The Morgan fingerprint density at radius 2 is 1.43 bits per heavy atom. The van der Waals surface area contributed by atoms with E-state index < -0.39 is 39.2 Å². The van der Waals surface area contributed by atoms with Crippen LogP contribution < -0.4 is 16.4 Å². The van der Waals surface area contributed by atoms with E-state index in [1.807, 2.05) is 0 Å². The van der Waals surface area contributed by atoms with Crippen molar-refractivity contribution in [1.82, 2.24) is 0 Å². The molecule has 0 heterocycles. The minimum Gasteiger partial charge on any atom is -0.478 e. The molecule has 3 aromatic carbocycles. The molecule has 1 unspecified atom stereocenters. The number of amides is 3. The predicted molar refractivity (Wildman–Crippen MR) is 147 cm³/mol. The highest BCUT2D eigenvalue weighted by atomic mass is 35.5. The highest BCUT2D eigenvalue weighted by Crippen LogP contribution is 2.42. The molecule has 0 spiro atoms. The number of carbonyl (C=O) groups is 4. The molecule has 0 saturated carbocycles. The van der Waals surface area contributed by atoms with E-state index in [2.05, 4.69) is 10.6 Å². The Balaban J connectivity index is 1.75. The quantitative estimate of drug-likeness (QED) is 0.133. The van der Waals surface area contributed by atoms with Gasteiger partial charge in [-0.2, -0.15) is 0 Å². The maximum Gasteiger partial charge on any atom is 0.338 e. The van der Waals surface area contributed by atoms with E-state index in [4.69, 9.17) is 52.1 Å². The molecular formula is C24H17Cl4N3O5S. The van der Waals surface area contributed by atoms with Crippen LogP contribution in [-0.4, -0.2) is 34.0 Å². The summed E-state index contributed by atoms with van der Waals surface area (Å²) in [5.41, 5.74) is 5.31. The molecule has 8 nitrogen and oxygen atoms in total. The van der Waals surface area contributed by atoms with Crippen molar-refractivity contribution in [2.45, 2.75) is 17.1 Å². The van der Waals surface area contributed by atoms with Crippen molar-refractivity contribution in [2.24, 2.45) is 5.73 Å². The molecule has 0 aliphatic rings. The molecule has 0 saturated heterocycles. The smallest absolute Gasteiger partial charge is 0.338 e. The number of anilines is 2. The highest BCUT2D eigenvalue weighted by Gasteiger charge is 2.29. The summed E-state index contributed by atoms with van der Waals surface area (Å²) in [7, 11) is 0. The number of carbonyl (C=O) groups excluding carboxylic acids is 3. The first-order valence-corrected chi connectivity index (χ1v) is 12.7. The van der Waals surface area contributed by atoms with E-state index in [1.54, 1.807) is 43.3 Å². The lowest BCUT2D eigenvalue weighted by Gasteiger charge is -2.15. The highest BCUT2D eigenvalue weighted by molar-refractivity contribution is 8.00. The second-order valence-corrected chi connectivity index (χ2v) is 10.4. The first-order valence-electron chi connectivity index (χ1n) is 10.3. The summed E-state index contributed by atoms with van der Waals surface area (Å²) >= 11 is 25.3. The van der Waals surface area contributed by atoms with Crippen LogP contribution >= 0.6 is 58.2 Å². The molecule has 0 radical (unpaired) electrons. The Labute approximate surface area is 235 Å². The van der Waals surface area contributed by atoms with Crippen molar-refractivity contribution >= 4 is 93.2 Å². The summed E-state index contributed by atoms with van der Waals surface area (Å²) in [6.45, 7) is 1.69. The molecule has 3 amide bonds. The molecule has 5 N–H and O–H groups in total. The standard InChI is InChI=1S/C24H17Cl4N3O5S/c1-10(22(33)30-12-7-5-11(6-8-12)21(29)32)37-14-4-2-3-13(9-14)31-23(34)15-16(24(35)36)18(26)20(28)19(27)17(15)25/h2-10H,1H3,(H2,29,32)(H,30,33)(H,31,34)(H,35,36). The van der Waals surface area contributed by atoms with Crippen molar-refractivity contribution in [3.63, 3.8) is 0 Å². The van der Waals surface area contributed by atoms with Crippen LogP contribution in [0.15, 0.2) is 53.4 Å². The third-order valence-electron chi connectivity index (χ3n) is 4.92. The third kappa shape index (κ3) is 6.68. The number of benzene rings is 3. The lowest BCUT2D eigenvalue weighted by molar-refractivity contribution is -0.115. The van der Waals surface area contributed by atoms with Gasteiger partial charge in [-0.05, 0) is 49.4 Å². The van der Waals surface area contributed by atoms with Gasteiger partial charge >= 0.3 is 5.97 Å². The first kappa shape index (κ1) is 28.6. The van der Waals surface area contributed by atoms with Crippen LogP contribution in [0.2, 0.25) is 20.1 Å². The zero-order valence-electron chi connectivity index (χ0n) is 18.8. The van der Waals surface area contributed by atoms with E-state index in [1.165, 1.54) is 23.9 Å². The third-order valence-corrected chi connectivity index (χ3v) is 7.81. The monoisotopic (exact) mass is 599 g/mol. The van der Waals surface area contributed by atoms with Crippen LogP contribution in [0.1, 0.15) is 38.0 Å². The number of carboxylic acid groups (broad SMARTS) is 1. The lowest BCUT2D eigenvalue weighted by Crippen LogP contribution is -2.22. The van der Waals surface area contributed by atoms with Crippen LogP contribution in [-0.2, 0) is 4.79 Å². The van der Waals surface area contributed by atoms with Gasteiger partial charge in [0, 0.05) is 21.8 Å². The Kier molecular flexibility index (Phi) is 9.33. The predicted octanol–water partition coefficient (Wildman–Crippen LogP) is 6.47. The van der Waals surface area contributed by atoms with Gasteiger partial charge in [0.1, 0.15) is 0 Å². The maximum atomic E-state index is 13.0. The van der Waals surface area contributed by atoms with Crippen LogP contribution in [0.4, 0.5) is 11.4 Å². The number of carboxylic acids is 1. The molecule has 0 aromatic heterocycles. The molecule has 13 heteroatoms. The fourth-order valence-corrected chi connectivity index (χ4v) is 5.05. The van der Waals surface area contributed by atoms with Crippen LogP contribution in [0.25, 0.3) is 0 Å². The molecule has 37 heavy (non-hydrogen) atoms. The summed E-state index contributed by atoms with van der Waals surface area (Å²) in [6, 6.07) is 12.7. The number of primary amides is 1. The molecule has 0 bridgehead atoms. The zero-order valence-corrected chi connectivity index (χ0v) is 22.6. The fraction of sp³-hybridized carbons (Fsp3) is 0.0833. The fourth-order valence-electron chi connectivity index (χ4n) is 3.11. The van der Waals surface area contributed by atoms with Crippen LogP contribution in [0.3, 0.4) is 0 Å². The van der Waals surface area contributed by atoms with Crippen molar-refractivity contribution in [3.05, 3.63) is 85.3 Å². The van der Waals surface area contributed by atoms with Gasteiger partial charge in [0.15, 0.2) is 0 Å². The normalized spacial score (nSPS) is 11.5. The van der Waals surface area contributed by atoms with Crippen molar-refractivity contribution in [2.75, 3.05) is 10.6 Å². The number of nitrogens with two attached hydrogens (primary N) is 1. The van der Waals surface area contributed by atoms with E-state index in [9.17, 15) is 24.3 Å². The number of halogens is 4. The second kappa shape index (κ2) is 12.1. The summed E-state index contributed by atoms with van der Waals surface area (Å²) < 4.78 is 0. The van der Waals surface area contributed by atoms with Gasteiger partial charge in [-0.3, -0.25) is 14.4 Å². The number of thioether (sulfide) groups is 1. The van der Waals surface area contributed by atoms with Crippen molar-refractivity contribution in [3.8, 4) is 0 Å². The largest absolute Gasteiger partial charge is 0.478 e. The number of nitrogens with one attached hydrogen (secondary N) is 2. The van der Waals surface area contributed by atoms with Gasteiger partial charge < -0.3 is 21.5 Å².